The number of ether oxygens (including phenoxy) is 3. The Morgan fingerprint density at radius 2 is 2.32 bits per heavy atom. The van der Waals surface area contributed by atoms with E-state index in [1.165, 1.54) is 11.3 Å². The Balaban J connectivity index is 1.71. The summed E-state index contributed by atoms with van der Waals surface area (Å²) < 4.78 is 21.3. The Morgan fingerprint density at radius 3 is 3.08 bits per heavy atom. The van der Waals surface area contributed by atoms with Gasteiger partial charge in [-0.05, 0) is 35.2 Å². The zero-order chi connectivity index (χ0) is 17.2. The van der Waals surface area contributed by atoms with E-state index in [2.05, 4.69) is 16.2 Å². The van der Waals surface area contributed by atoms with E-state index in [-0.39, 0.29) is 18.3 Å². The molecule has 8 heteroatoms. The van der Waals surface area contributed by atoms with E-state index in [1.807, 2.05) is 17.5 Å². The van der Waals surface area contributed by atoms with Crippen molar-refractivity contribution in [3.05, 3.63) is 41.1 Å². The first-order valence-corrected chi connectivity index (χ1v) is 8.14. The monoisotopic (exact) mass is 353 g/mol. The molecule has 0 radical (unpaired) electrons. The van der Waals surface area contributed by atoms with Crippen LogP contribution in [0.5, 0.6) is 17.2 Å². The molecule has 3 aromatic rings. The van der Waals surface area contributed by atoms with Crippen LogP contribution >= 0.6 is 11.3 Å². The van der Waals surface area contributed by atoms with Crippen LogP contribution in [0.4, 0.5) is 0 Å². The molecule has 0 spiro atoms. The number of nitriles is 1. The molecule has 0 saturated carbocycles. The summed E-state index contributed by atoms with van der Waals surface area (Å²) in [6, 6.07) is 9.39. The summed E-state index contributed by atoms with van der Waals surface area (Å²) in [5, 5.41) is 15.3. The molecule has 1 aliphatic heterocycles. The van der Waals surface area contributed by atoms with Crippen LogP contribution < -0.4 is 14.2 Å². The van der Waals surface area contributed by atoms with Crippen LogP contribution in [0.1, 0.15) is 11.5 Å². The van der Waals surface area contributed by atoms with Crippen LogP contribution in [0.3, 0.4) is 0 Å². The number of thiophene rings is 1. The van der Waals surface area contributed by atoms with Crippen molar-refractivity contribution in [3.8, 4) is 34.0 Å². The molecular formula is C17H11N3O4S. The second kappa shape index (κ2) is 6.30. The number of methoxy groups -OCH3 is 1. The lowest BCUT2D eigenvalue weighted by Gasteiger charge is -2.05. The predicted molar refractivity (Wildman–Crippen MR) is 90.2 cm³/mol. The summed E-state index contributed by atoms with van der Waals surface area (Å²) in [6.07, 6.45) is 1.64. The van der Waals surface area contributed by atoms with E-state index in [4.69, 9.17) is 18.7 Å². The largest absolute Gasteiger partial charge is 0.493 e. The molecule has 0 aliphatic carbocycles. The van der Waals surface area contributed by atoms with Crippen LogP contribution in [0, 0.1) is 11.3 Å². The predicted octanol–water partition coefficient (Wildman–Crippen LogP) is 3.60. The number of benzene rings is 1. The van der Waals surface area contributed by atoms with E-state index < -0.39 is 0 Å². The van der Waals surface area contributed by atoms with Gasteiger partial charge < -0.3 is 18.7 Å². The number of rotatable bonds is 4. The SMILES string of the molecule is COc1cc(/C=C(\C#N)c2nc(-c3cccs3)no2)cc2c1OCO2. The highest BCUT2D eigenvalue weighted by Gasteiger charge is 2.20. The lowest BCUT2D eigenvalue weighted by atomic mass is 10.1. The van der Waals surface area contributed by atoms with Gasteiger partial charge in [-0.15, -0.1) is 11.3 Å². The van der Waals surface area contributed by atoms with Crippen molar-refractivity contribution in [1.82, 2.24) is 10.1 Å². The molecule has 0 amide bonds. The van der Waals surface area contributed by atoms with Gasteiger partial charge in [0.15, 0.2) is 11.5 Å². The summed E-state index contributed by atoms with van der Waals surface area (Å²) in [5.41, 5.74) is 0.949. The summed E-state index contributed by atoms with van der Waals surface area (Å²) in [6.45, 7) is 0.137. The van der Waals surface area contributed by atoms with Crippen molar-refractivity contribution >= 4 is 23.0 Å². The van der Waals surface area contributed by atoms with E-state index in [0.29, 0.717) is 28.6 Å². The minimum Gasteiger partial charge on any atom is -0.493 e. The van der Waals surface area contributed by atoms with Crippen molar-refractivity contribution in [1.29, 1.82) is 5.26 Å². The molecule has 1 aromatic carbocycles. The number of hydrogen-bond acceptors (Lipinski definition) is 8. The van der Waals surface area contributed by atoms with E-state index in [1.54, 1.807) is 25.3 Å². The molecule has 0 bridgehead atoms. The first kappa shape index (κ1) is 15.2. The highest BCUT2D eigenvalue weighted by atomic mass is 32.1. The summed E-state index contributed by atoms with van der Waals surface area (Å²) in [5.74, 6) is 2.25. The molecule has 3 heterocycles. The molecule has 0 saturated heterocycles. The van der Waals surface area contributed by atoms with Gasteiger partial charge in [-0.25, -0.2) is 0 Å². The zero-order valence-electron chi connectivity index (χ0n) is 13.1. The number of hydrogen-bond donors (Lipinski definition) is 0. The van der Waals surface area contributed by atoms with Crippen LogP contribution in [0.2, 0.25) is 0 Å². The second-order valence-corrected chi connectivity index (χ2v) is 5.97. The quantitative estimate of drug-likeness (QED) is 0.662. The third-order valence-electron chi connectivity index (χ3n) is 3.51. The molecule has 0 atom stereocenters. The molecule has 25 heavy (non-hydrogen) atoms. The van der Waals surface area contributed by atoms with Crippen molar-refractivity contribution in [2.24, 2.45) is 0 Å². The minimum absolute atomic E-state index is 0.137. The molecular weight excluding hydrogens is 342 g/mol. The average molecular weight is 353 g/mol. The zero-order valence-corrected chi connectivity index (χ0v) is 13.9. The molecule has 1 aliphatic rings. The van der Waals surface area contributed by atoms with Gasteiger partial charge in [0, 0.05) is 0 Å². The molecule has 0 unspecified atom stereocenters. The van der Waals surface area contributed by atoms with Gasteiger partial charge in [0.05, 0.1) is 12.0 Å². The highest BCUT2D eigenvalue weighted by Crippen LogP contribution is 2.42. The Labute approximate surface area is 146 Å². The molecule has 0 N–H and O–H groups in total. The van der Waals surface area contributed by atoms with E-state index in [9.17, 15) is 5.26 Å². The topological polar surface area (TPSA) is 90.4 Å². The molecule has 124 valence electrons. The van der Waals surface area contributed by atoms with E-state index in [0.717, 1.165) is 4.88 Å². The molecule has 0 fully saturated rings. The fourth-order valence-corrected chi connectivity index (χ4v) is 3.03. The maximum atomic E-state index is 9.47. The lowest BCUT2D eigenvalue weighted by Crippen LogP contribution is -1.93. The summed E-state index contributed by atoms with van der Waals surface area (Å²) >= 11 is 1.50. The molecule has 2 aromatic heterocycles. The summed E-state index contributed by atoms with van der Waals surface area (Å²) in [7, 11) is 1.54. The van der Waals surface area contributed by atoms with Crippen molar-refractivity contribution in [3.63, 3.8) is 0 Å². The van der Waals surface area contributed by atoms with E-state index >= 15 is 0 Å². The van der Waals surface area contributed by atoms with Crippen LogP contribution in [-0.4, -0.2) is 24.0 Å². The van der Waals surface area contributed by atoms with Crippen molar-refractivity contribution in [2.75, 3.05) is 13.9 Å². The van der Waals surface area contributed by atoms with Gasteiger partial charge in [-0.1, -0.05) is 11.2 Å². The average Bonchev–Trinajstić information content (AvgIpc) is 3.39. The third-order valence-corrected chi connectivity index (χ3v) is 4.38. The number of allylic oxidation sites excluding steroid dienone is 1. The minimum atomic E-state index is 0.137. The van der Waals surface area contributed by atoms with Crippen LogP contribution in [0.25, 0.3) is 22.4 Å². The first-order chi connectivity index (χ1) is 12.3. The highest BCUT2D eigenvalue weighted by molar-refractivity contribution is 7.13. The summed E-state index contributed by atoms with van der Waals surface area (Å²) in [4.78, 5) is 5.16. The Hall–Kier alpha value is -3.31. The van der Waals surface area contributed by atoms with Gasteiger partial charge >= 0.3 is 0 Å². The Kier molecular flexibility index (Phi) is 3.84. The maximum Gasteiger partial charge on any atom is 0.268 e. The van der Waals surface area contributed by atoms with Crippen molar-refractivity contribution in [2.45, 2.75) is 0 Å². The second-order valence-electron chi connectivity index (χ2n) is 5.03. The number of nitrogens with zero attached hydrogens (tertiary/aromatic N) is 3. The fourth-order valence-electron chi connectivity index (χ4n) is 2.38. The van der Waals surface area contributed by atoms with Crippen molar-refractivity contribution < 1.29 is 18.7 Å². The maximum absolute atomic E-state index is 9.47. The first-order valence-electron chi connectivity index (χ1n) is 7.26. The smallest absolute Gasteiger partial charge is 0.268 e. The third kappa shape index (κ3) is 2.81. The number of fused-ring (bicyclic) bond motifs is 1. The molecule has 4 rings (SSSR count). The fraction of sp³-hybridized carbons (Fsp3) is 0.118. The number of aromatic nitrogens is 2. The Morgan fingerprint density at radius 1 is 1.40 bits per heavy atom. The molecule has 7 nitrogen and oxygen atoms in total. The van der Waals surface area contributed by atoms with Crippen LogP contribution in [0.15, 0.2) is 34.2 Å². The lowest BCUT2D eigenvalue weighted by molar-refractivity contribution is 0.171. The van der Waals surface area contributed by atoms with Crippen LogP contribution in [-0.2, 0) is 0 Å². The van der Waals surface area contributed by atoms with Gasteiger partial charge in [-0.3, -0.25) is 0 Å². The van der Waals surface area contributed by atoms with Gasteiger partial charge in [0.25, 0.3) is 5.89 Å². The standard InChI is InChI=1S/C17H11N3O4S/c1-21-12-6-10(7-13-15(12)23-9-22-13)5-11(8-18)17-19-16(20-24-17)14-3-2-4-25-14/h2-7H,9H2,1H3/b11-5+. The Bertz CT molecular complexity index is 986. The van der Waals surface area contributed by atoms with Gasteiger partial charge in [0.2, 0.25) is 18.4 Å². The van der Waals surface area contributed by atoms with Gasteiger partial charge in [0.1, 0.15) is 11.6 Å². The normalized spacial score (nSPS) is 12.9. The van der Waals surface area contributed by atoms with Gasteiger partial charge in [-0.2, -0.15) is 10.2 Å².